The summed E-state index contributed by atoms with van der Waals surface area (Å²) in [6.07, 6.45) is 2.33. The standard InChI is InChI=1S/C23H28FN5O3/c1-25-16-4-5-19(18(24)12-16)28-23-17-13-22(21(30-2)14-20(17)26-15-27-23)32-9-3-6-29-7-10-31-11-8-29/h4-5,12-15,25H,3,6-11H2,1-2H3,(H,26,27,28). The molecule has 0 radical (unpaired) electrons. The molecule has 8 nitrogen and oxygen atoms in total. The molecule has 1 aliphatic rings. The third kappa shape index (κ3) is 5.17. The molecular weight excluding hydrogens is 413 g/mol. The molecule has 32 heavy (non-hydrogen) atoms. The Kier molecular flexibility index (Phi) is 7.18. The monoisotopic (exact) mass is 441 g/mol. The Morgan fingerprint density at radius 2 is 1.97 bits per heavy atom. The van der Waals surface area contributed by atoms with Crippen molar-refractivity contribution < 1.29 is 18.6 Å². The van der Waals surface area contributed by atoms with E-state index in [4.69, 9.17) is 14.2 Å². The molecular formula is C23H28FN5O3. The average molecular weight is 442 g/mol. The van der Waals surface area contributed by atoms with Crippen molar-refractivity contribution in [2.24, 2.45) is 0 Å². The van der Waals surface area contributed by atoms with Gasteiger partial charge >= 0.3 is 0 Å². The van der Waals surface area contributed by atoms with Gasteiger partial charge in [0.05, 0.1) is 38.1 Å². The normalized spacial score (nSPS) is 14.3. The van der Waals surface area contributed by atoms with Crippen LogP contribution in [0.2, 0.25) is 0 Å². The smallest absolute Gasteiger partial charge is 0.162 e. The van der Waals surface area contributed by atoms with Gasteiger partial charge in [0, 0.05) is 43.8 Å². The Hall–Kier alpha value is -3.17. The van der Waals surface area contributed by atoms with Gasteiger partial charge in [-0.3, -0.25) is 4.90 Å². The Bertz CT molecular complexity index is 1060. The summed E-state index contributed by atoms with van der Waals surface area (Å²) >= 11 is 0. The van der Waals surface area contributed by atoms with Crippen LogP contribution in [0.3, 0.4) is 0 Å². The summed E-state index contributed by atoms with van der Waals surface area (Å²) in [6.45, 7) is 4.99. The number of anilines is 3. The van der Waals surface area contributed by atoms with Crippen LogP contribution in [-0.2, 0) is 4.74 Å². The van der Waals surface area contributed by atoms with Gasteiger partial charge in [-0.05, 0) is 30.7 Å². The second-order valence-corrected chi connectivity index (χ2v) is 7.47. The highest BCUT2D eigenvalue weighted by atomic mass is 19.1. The van der Waals surface area contributed by atoms with Crippen LogP contribution < -0.4 is 20.1 Å². The van der Waals surface area contributed by atoms with Crippen molar-refractivity contribution in [3.63, 3.8) is 0 Å². The van der Waals surface area contributed by atoms with Gasteiger partial charge in [0.15, 0.2) is 11.5 Å². The van der Waals surface area contributed by atoms with E-state index in [2.05, 4.69) is 25.5 Å². The molecule has 170 valence electrons. The van der Waals surface area contributed by atoms with Crippen molar-refractivity contribution >= 4 is 28.1 Å². The molecule has 1 saturated heterocycles. The first kappa shape index (κ1) is 22.0. The number of halogens is 1. The summed E-state index contributed by atoms with van der Waals surface area (Å²) in [7, 11) is 3.34. The Morgan fingerprint density at radius 1 is 1.12 bits per heavy atom. The maximum absolute atomic E-state index is 14.5. The van der Waals surface area contributed by atoms with Gasteiger partial charge in [0.1, 0.15) is 18.0 Å². The van der Waals surface area contributed by atoms with Crippen molar-refractivity contribution in [3.05, 3.63) is 42.5 Å². The van der Waals surface area contributed by atoms with Crippen LogP contribution in [-0.4, -0.2) is 68.5 Å². The van der Waals surface area contributed by atoms with Crippen LogP contribution >= 0.6 is 0 Å². The first-order valence-electron chi connectivity index (χ1n) is 10.7. The number of ether oxygens (including phenoxy) is 3. The summed E-state index contributed by atoms with van der Waals surface area (Å²) in [4.78, 5) is 11.0. The average Bonchev–Trinajstić information content (AvgIpc) is 2.83. The maximum atomic E-state index is 14.5. The number of methoxy groups -OCH3 is 1. The van der Waals surface area contributed by atoms with E-state index >= 15 is 0 Å². The van der Waals surface area contributed by atoms with Crippen LogP contribution in [0, 0.1) is 5.82 Å². The molecule has 1 aliphatic heterocycles. The Balaban J connectivity index is 1.51. The van der Waals surface area contributed by atoms with E-state index in [9.17, 15) is 4.39 Å². The molecule has 0 unspecified atom stereocenters. The van der Waals surface area contributed by atoms with Gasteiger partial charge in [0.2, 0.25) is 0 Å². The Morgan fingerprint density at radius 3 is 2.72 bits per heavy atom. The summed E-state index contributed by atoms with van der Waals surface area (Å²) in [5, 5.41) is 6.71. The molecule has 0 bridgehead atoms. The summed E-state index contributed by atoms with van der Waals surface area (Å²) in [6, 6.07) is 8.53. The SMILES string of the molecule is CNc1ccc(Nc2ncnc3cc(OC)c(OCCCN4CCOCC4)cc23)c(F)c1. The molecule has 0 spiro atoms. The molecule has 2 N–H and O–H groups in total. The van der Waals surface area contributed by atoms with Crippen molar-refractivity contribution in [1.29, 1.82) is 0 Å². The molecule has 2 heterocycles. The lowest BCUT2D eigenvalue weighted by molar-refractivity contribution is 0.0357. The fourth-order valence-corrected chi connectivity index (χ4v) is 3.63. The number of aromatic nitrogens is 2. The van der Waals surface area contributed by atoms with Crippen molar-refractivity contribution in [2.45, 2.75) is 6.42 Å². The first-order valence-corrected chi connectivity index (χ1v) is 10.7. The third-order valence-corrected chi connectivity index (χ3v) is 5.41. The molecule has 3 aromatic rings. The number of fused-ring (bicyclic) bond motifs is 1. The lowest BCUT2D eigenvalue weighted by Gasteiger charge is -2.26. The van der Waals surface area contributed by atoms with E-state index in [0.717, 1.165) is 39.3 Å². The minimum Gasteiger partial charge on any atom is -0.493 e. The molecule has 0 saturated carbocycles. The molecule has 4 rings (SSSR count). The second-order valence-electron chi connectivity index (χ2n) is 7.47. The molecule has 9 heteroatoms. The van der Waals surface area contributed by atoms with Gasteiger partial charge < -0.3 is 24.8 Å². The van der Waals surface area contributed by atoms with Gasteiger partial charge in [-0.1, -0.05) is 0 Å². The highest BCUT2D eigenvalue weighted by Gasteiger charge is 2.14. The van der Waals surface area contributed by atoms with E-state index < -0.39 is 0 Å². The number of morpholine rings is 1. The summed E-state index contributed by atoms with van der Waals surface area (Å²) in [5.41, 5.74) is 1.69. The number of nitrogens with zero attached hydrogens (tertiary/aromatic N) is 3. The predicted octanol–water partition coefficient (Wildman–Crippen LogP) is 3.66. The van der Waals surface area contributed by atoms with E-state index in [0.29, 0.717) is 46.2 Å². The minimum absolute atomic E-state index is 0.327. The largest absolute Gasteiger partial charge is 0.493 e. The summed E-state index contributed by atoms with van der Waals surface area (Å²) in [5.74, 6) is 1.31. The lowest BCUT2D eigenvalue weighted by Crippen LogP contribution is -2.37. The molecule has 1 fully saturated rings. The fraction of sp³-hybridized carbons (Fsp3) is 0.391. The maximum Gasteiger partial charge on any atom is 0.162 e. The predicted molar refractivity (Wildman–Crippen MR) is 123 cm³/mol. The molecule has 2 aromatic carbocycles. The van der Waals surface area contributed by atoms with E-state index in [-0.39, 0.29) is 5.82 Å². The Labute approximate surface area is 186 Å². The van der Waals surface area contributed by atoms with Gasteiger partial charge in [-0.25, -0.2) is 14.4 Å². The van der Waals surface area contributed by atoms with Crippen LogP contribution in [0.25, 0.3) is 10.9 Å². The zero-order valence-electron chi connectivity index (χ0n) is 18.4. The zero-order valence-corrected chi connectivity index (χ0v) is 18.4. The number of nitrogens with one attached hydrogen (secondary N) is 2. The molecule has 1 aromatic heterocycles. The first-order chi connectivity index (χ1) is 15.7. The molecule has 0 aliphatic carbocycles. The zero-order chi connectivity index (χ0) is 22.3. The van der Waals surface area contributed by atoms with Gasteiger partial charge in [0.25, 0.3) is 0 Å². The van der Waals surface area contributed by atoms with E-state index in [1.165, 1.54) is 12.4 Å². The molecule has 0 atom stereocenters. The van der Waals surface area contributed by atoms with Crippen LogP contribution in [0.1, 0.15) is 6.42 Å². The highest BCUT2D eigenvalue weighted by Crippen LogP contribution is 2.35. The van der Waals surface area contributed by atoms with Crippen LogP contribution in [0.4, 0.5) is 21.6 Å². The fourth-order valence-electron chi connectivity index (χ4n) is 3.63. The summed E-state index contributed by atoms with van der Waals surface area (Å²) < 4.78 is 31.4. The molecule has 0 amide bonds. The van der Waals surface area contributed by atoms with Crippen LogP contribution in [0.5, 0.6) is 11.5 Å². The van der Waals surface area contributed by atoms with Crippen molar-refractivity contribution in [3.8, 4) is 11.5 Å². The van der Waals surface area contributed by atoms with Gasteiger partial charge in [-0.15, -0.1) is 0 Å². The second kappa shape index (κ2) is 10.4. The highest BCUT2D eigenvalue weighted by molar-refractivity contribution is 5.93. The van der Waals surface area contributed by atoms with Crippen LogP contribution in [0.15, 0.2) is 36.7 Å². The van der Waals surface area contributed by atoms with Crippen molar-refractivity contribution in [1.82, 2.24) is 14.9 Å². The lowest BCUT2D eigenvalue weighted by atomic mass is 10.2. The van der Waals surface area contributed by atoms with E-state index in [1.54, 1.807) is 32.4 Å². The third-order valence-electron chi connectivity index (χ3n) is 5.41. The minimum atomic E-state index is -0.378. The number of benzene rings is 2. The number of rotatable bonds is 9. The topological polar surface area (TPSA) is 80.8 Å². The van der Waals surface area contributed by atoms with E-state index in [1.807, 2.05) is 6.07 Å². The number of hydrogen-bond donors (Lipinski definition) is 2. The van der Waals surface area contributed by atoms with Gasteiger partial charge in [-0.2, -0.15) is 0 Å². The van der Waals surface area contributed by atoms with Crippen molar-refractivity contribution in [2.75, 3.05) is 64.2 Å². The quantitative estimate of drug-likeness (QED) is 0.487. The number of hydrogen-bond acceptors (Lipinski definition) is 8.